The van der Waals surface area contributed by atoms with Crippen LogP contribution in [0.15, 0.2) is 24.4 Å². The minimum Gasteiger partial charge on any atom is -0.382 e. The first kappa shape index (κ1) is 19.2. The third-order valence-corrected chi connectivity index (χ3v) is 5.79. The lowest BCUT2D eigenvalue weighted by molar-refractivity contribution is 0.0398. The van der Waals surface area contributed by atoms with Crippen LogP contribution in [0.25, 0.3) is 20.8 Å². The number of aromatic amines is 1. The summed E-state index contributed by atoms with van der Waals surface area (Å²) in [4.78, 5) is 8.43. The van der Waals surface area contributed by atoms with Gasteiger partial charge in [-0.25, -0.2) is 4.98 Å². The molecule has 0 bridgehead atoms. The summed E-state index contributed by atoms with van der Waals surface area (Å²) in [6, 6.07) is 6.25. The number of morpholine rings is 1. The topological polar surface area (TPSA) is 78.1 Å². The lowest BCUT2D eigenvalue weighted by Gasteiger charge is -2.26. The number of nitrogens with one attached hydrogen (secondary N) is 3. The molecule has 7 nitrogen and oxygen atoms in total. The van der Waals surface area contributed by atoms with E-state index in [2.05, 4.69) is 58.6 Å². The van der Waals surface area contributed by atoms with Gasteiger partial charge < -0.3 is 15.4 Å². The molecule has 150 valence electrons. The zero-order chi connectivity index (χ0) is 19.6. The molecule has 1 aliphatic heterocycles. The molecule has 4 heterocycles. The minimum absolute atomic E-state index is 0.0476. The summed E-state index contributed by atoms with van der Waals surface area (Å²) in [5.74, 6) is 0.892. The molecule has 0 spiro atoms. The van der Waals surface area contributed by atoms with Crippen molar-refractivity contribution in [2.45, 2.75) is 26.3 Å². The summed E-state index contributed by atoms with van der Waals surface area (Å²) in [6.07, 6.45) is 1.78. The van der Waals surface area contributed by atoms with E-state index in [1.165, 1.54) is 4.70 Å². The molecule has 0 aromatic carbocycles. The Bertz CT molecular complexity index is 909. The van der Waals surface area contributed by atoms with Crippen LogP contribution in [0.5, 0.6) is 0 Å². The van der Waals surface area contributed by atoms with E-state index >= 15 is 0 Å². The average Bonchev–Trinajstić information content (AvgIpc) is 3.30. The van der Waals surface area contributed by atoms with Gasteiger partial charge in [-0.2, -0.15) is 5.10 Å². The van der Waals surface area contributed by atoms with Crippen molar-refractivity contribution in [3.05, 3.63) is 24.4 Å². The molecule has 1 fully saturated rings. The van der Waals surface area contributed by atoms with Gasteiger partial charge in [-0.05, 0) is 32.9 Å². The van der Waals surface area contributed by atoms with Crippen LogP contribution >= 0.6 is 11.3 Å². The molecule has 0 saturated carbocycles. The first-order valence-electron chi connectivity index (χ1n) is 9.74. The summed E-state index contributed by atoms with van der Waals surface area (Å²) < 4.78 is 6.61. The van der Waals surface area contributed by atoms with Crippen molar-refractivity contribution >= 4 is 33.1 Å². The van der Waals surface area contributed by atoms with E-state index in [1.54, 1.807) is 17.5 Å². The second-order valence-electron chi connectivity index (χ2n) is 8.11. The second kappa shape index (κ2) is 8.06. The molecule has 0 aliphatic carbocycles. The average molecular weight is 401 g/mol. The summed E-state index contributed by atoms with van der Waals surface area (Å²) in [5, 5.41) is 14.3. The molecular formula is C20H28N6OS. The number of anilines is 2. The predicted octanol–water partition coefficient (Wildman–Crippen LogP) is 3.64. The largest absolute Gasteiger partial charge is 0.382 e. The fourth-order valence-corrected chi connectivity index (χ4v) is 4.36. The third kappa shape index (κ3) is 4.63. The lowest BCUT2D eigenvalue weighted by atomic mass is 10.1. The number of nitrogens with zero attached hydrogens (tertiary/aromatic N) is 3. The second-order valence-corrected chi connectivity index (χ2v) is 9.16. The highest BCUT2D eigenvalue weighted by Crippen LogP contribution is 2.37. The summed E-state index contributed by atoms with van der Waals surface area (Å²) in [5.41, 5.74) is 3.10. The number of ether oxygens (including phenoxy) is 1. The van der Waals surface area contributed by atoms with Crippen molar-refractivity contribution in [1.29, 1.82) is 0 Å². The number of thiophene rings is 1. The third-order valence-electron chi connectivity index (χ3n) is 4.60. The van der Waals surface area contributed by atoms with E-state index < -0.39 is 0 Å². The highest BCUT2D eigenvalue weighted by atomic mass is 32.1. The maximum atomic E-state index is 5.44. The zero-order valence-corrected chi connectivity index (χ0v) is 17.5. The maximum absolute atomic E-state index is 5.44. The molecule has 0 radical (unpaired) electrons. The highest BCUT2D eigenvalue weighted by molar-refractivity contribution is 7.22. The lowest BCUT2D eigenvalue weighted by Crippen LogP contribution is -2.39. The van der Waals surface area contributed by atoms with Crippen molar-refractivity contribution in [2.24, 2.45) is 0 Å². The number of rotatable bonds is 6. The molecule has 4 rings (SSSR count). The van der Waals surface area contributed by atoms with Gasteiger partial charge in [0.05, 0.1) is 39.7 Å². The van der Waals surface area contributed by atoms with E-state index in [0.717, 1.165) is 67.0 Å². The molecule has 28 heavy (non-hydrogen) atoms. The molecule has 3 aromatic rings. The Morgan fingerprint density at radius 3 is 2.79 bits per heavy atom. The van der Waals surface area contributed by atoms with E-state index in [9.17, 15) is 0 Å². The molecule has 3 N–H and O–H groups in total. The van der Waals surface area contributed by atoms with E-state index in [0.29, 0.717) is 0 Å². The van der Waals surface area contributed by atoms with Gasteiger partial charge in [0.1, 0.15) is 5.82 Å². The minimum atomic E-state index is -0.0476. The maximum Gasteiger partial charge on any atom is 0.129 e. The first-order valence-corrected chi connectivity index (χ1v) is 10.6. The molecule has 3 aromatic heterocycles. The van der Waals surface area contributed by atoms with Gasteiger partial charge in [0.25, 0.3) is 0 Å². The monoisotopic (exact) mass is 400 g/mol. The van der Waals surface area contributed by atoms with Gasteiger partial charge in [-0.3, -0.25) is 10.00 Å². The Labute approximate surface area is 169 Å². The van der Waals surface area contributed by atoms with Gasteiger partial charge in [0.2, 0.25) is 0 Å². The van der Waals surface area contributed by atoms with Crippen LogP contribution in [0.1, 0.15) is 20.8 Å². The summed E-state index contributed by atoms with van der Waals surface area (Å²) >= 11 is 1.74. The van der Waals surface area contributed by atoms with Crippen molar-refractivity contribution in [3.8, 4) is 10.6 Å². The van der Waals surface area contributed by atoms with Crippen molar-refractivity contribution < 1.29 is 4.74 Å². The van der Waals surface area contributed by atoms with E-state index in [1.807, 2.05) is 6.07 Å². The van der Waals surface area contributed by atoms with E-state index in [4.69, 9.17) is 9.72 Å². The van der Waals surface area contributed by atoms with Crippen LogP contribution in [-0.4, -0.2) is 65.0 Å². The Morgan fingerprint density at radius 2 is 2.07 bits per heavy atom. The highest BCUT2D eigenvalue weighted by Gasteiger charge is 2.16. The molecule has 0 atom stereocenters. The summed E-state index contributed by atoms with van der Waals surface area (Å²) in [6.45, 7) is 12.0. The van der Waals surface area contributed by atoms with Crippen LogP contribution in [0.4, 0.5) is 11.5 Å². The van der Waals surface area contributed by atoms with Gasteiger partial charge in [0, 0.05) is 44.0 Å². The normalized spacial score (nSPS) is 15.8. The van der Waals surface area contributed by atoms with Gasteiger partial charge in [0.15, 0.2) is 0 Å². The van der Waals surface area contributed by atoms with Crippen LogP contribution in [0.3, 0.4) is 0 Å². The van der Waals surface area contributed by atoms with Crippen LogP contribution < -0.4 is 10.6 Å². The Morgan fingerprint density at radius 1 is 1.25 bits per heavy atom. The Kier molecular flexibility index (Phi) is 5.52. The van der Waals surface area contributed by atoms with Crippen molar-refractivity contribution in [3.63, 3.8) is 0 Å². The van der Waals surface area contributed by atoms with Gasteiger partial charge in [-0.15, -0.1) is 11.3 Å². The number of H-pyrrole nitrogens is 1. The van der Waals surface area contributed by atoms with Crippen molar-refractivity contribution in [1.82, 2.24) is 20.1 Å². The number of aromatic nitrogens is 3. The zero-order valence-electron chi connectivity index (χ0n) is 16.7. The van der Waals surface area contributed by atoms with Crippen molar-refractivity contribution in [2.75, 3.05) is 50.0 Å². The fraction of sp³-hybridized carbons (Fsp3) is 0.500. The number of hydrogen-bond donors (Lipinski definition) is 3. The predicted molar refractivity (Wildman–Crippen MR) is 116 cm³/mol. The van der Waals surface area contributed by atoms with Gasteiger partial charge >= 0.3 is 0 Å². The van der Waals surface area contributed by atoms with Gasteiger partial charge in [-0.1, -0.05) is 0 Å². The van der Waals surface area contributed by atoms with E-state index in [-0.39, 0.29) is 5.54 Å². The standard InChI is InChI=1S/C20H28N6OS/c1-20(2,3)24-18-13-15(21-6-7-26-8-10-27-11-9-26)19-16(23-18)12-17(28-19)14-4-5-22-25-14/h4-5,12-13H,6-11H2,1-3H3,(H,22,25)(H2,21,23,24). The molecule has 1 aliphatic rings. The number of pyridine rings is 1. The molecule has 1 saturated heterocycles. The Hall–Kier alpha value is -2.16. The number of fused-ring (bicyclic) bond motifs is 1. The van der Waals surface area contributed by atoms with Crippen LogP contribution in [-0.2, 0) is 4.74 Å². The molecule has 0 unspecified atom stereocenters. The first-order chi connectivity index (χ1) is 13.5. The molecule has 0 amide bonds. The quantitative estimate of drug-likeness (QED) is 0.586. The SMILES string of the molecule is CC(C)(C)Nc1cc(NCCN2CCOCC2)c2sc(-c3ccn[nH]3)cc2n1. The molecular weight excluding hydrogens is 372 g/mol. The summed E-state index contributed by atoms with van der Waals surface area (Å²) in [7, 11) is 0. The number of hydrogen-bond acceptors (Lipinski definition) is 7. The Balaban J connectivity index is 1.59. The van der Waals surface area contributed by atoms with Crippen LogP contribution in [0, 0.1) is 0 Å². The van der Waals surface area contributed by atoms with Crippen LogP contribution in [0.2, 0.25) is 0 Å². The molecule has 8 heteroatoms. The fourth-order valence-electron chi connectivity index (χ4n) is 3.30. The smallest absolute Gasteiger partial charge is 0.129 e.